The van der Waals surface area contributed by atoms with Crippen molar-refractivity contribution in [3.05, 3.63) is 12.4 Å². The molecule has 0 fully saturated rings. The molecule has 0 unspecified atom stereocenters. The van der Waals surface area contributed by atoms with E-state index in [0.29, 0.717) is 0 Å². The molecule has 2 nitrogen and oxygen atoms in total. The second kappa shape index (κ2) is 3.89. The maximum absolute atomic E-state index is 2.25. The third-order valence-electron chi connectivity index (χ3n) is 1.34. The summed E-state index contributed by atoms with van der Waals surface area (Å²) in [6.45, 7) is 4.32. The van der Waals surface area contributed by atoms with Gasteiger partial charge in [0.05, 0.1) is 6.67 Å². The van der Waals surface area contributed by atoms with Gasteiger partial charge >= 0.3 is 0 Å². The quantitative estimate of drug-likeness (QED) is 0.544. The summed E-state index contributed by atoms with van der Waals surface area (Å²) in [5, 5.41) is 0. The van der Waals surface area contributed by atoms with E-state index in [1.807, 2.05) is 0 Å². The van der Waals surface area contributed by atoms with Crippen molar-refractivity contribution in [2.45, 2.75) is 6.92 Å². The van der Waals surface area contributed by atoms with Crippen molar-refractivity contribution < 1.29 is 19.5 Å². The standard InChI is InChI=1S/C6H12N2.Zn/c1-3-8-5-4-7(2)6-8;/h4-5H,3,6H2,1-2H3;. The molecular formula is C6H12N2Zn. The Morgan fingerprint density at radius 1 is 1.44 bits per heavy atom. The van der Waals surface area contributed by atoms with Gasteiger partial charge in [-0.15, -0.1) is 0 Å². The van der Waals surface area contributed by atoms with Crippen molar-refractivity contribution in [2.75, 3.05) is 20.3 Å². The molecule has 1 heterocycles. The van der Waals surface area contributed by atoms with E-state index < -0.39 is 0 Å². The second-order valence-corrected chi connectivity index (χ2v) is 2.10. The Balaban J connectivity index is 0.000000640. The Kier molecular flexibility index (Phi) is 3.87. The van der Waals surface area contributed by atoms with Crippen LogP contribution in [0.5, 0.6) is 0 Å². The molecule has 0 aromatic heterocycles. The van der Waals surface area contributed by atoms with Crippen LogP contribution in [0.1, 0.15) is 6.92 Å². The zero-order valence-electron chi connectivity index (χ0n) is 6.17. The van der Waals surface area contributed by atoms with E-state index in [1.54, 1.807) is 0 Å². The van der Waals surface area contributed by atoms with Crippen LogP contribution in [0.15, 0.2) is 12.4 Å². The summed E-state index contributed by atoms with van der Waals surface area (Å²) >= 11 is 0. The van der Waals surface area contributed by atoms with Crippen LogP contribution in [0.25, 0.3) is 0 Å². The molecule has 1 aliphatic heterocycles. The fraction of sp³-hybridized carbons (Fsp3) is 0.667. The molecule has 9 heavy (non-hydrogen) atoms. The molecule has 0 bridgehead atoms. The average molecular weight is 178 g/mol. The Labute approximate surface area is 69.3 Å². The smallest absolute Gasteiger partial charge is 0.0890 e. The van der Waals surface area contributed by atoms with E-state index in [4.69, 9.17) is 0 Å². The first-order valence-corrected chi connectivity index (χ1v) is 2.95. The summed E-state index contributed by atoms with van der Waals surface area (Å²) in [6, 6.07) is 0. The zero-order valence-corrected chi connectivity index (χ0v) is 9.14. The van der Waals surface area contributed by atoms with Gasteiger partial charge < -0.3 is 9.80 Å². The van der Waals surface area contributed by atoms with Gasteiger partial charge in [0.2, 0.25) is 0 Å². The van der Waals surface area contributed by atoms with E-state index >= 15 is 0 Å². The molecule has 3 heteroatoms. The molecule has 1 rings (SSSR count). The number of hydrogen-bond donors (Lipinski definition) is 0. The third kappa shape index (κ3) is 2.36. The largest absolute Gasteiger partial charge is 0.362 e. The maximum atomic E-state index is 2.25. The van der Waals surface area contributed by atoms with E-state index in [-0.39, 0.29) is 19.5 Å². The fourth-order valence-corrected chi connectivity index (χ4v) is 0.794. The zero-order chi connectivity index (χ0) is 5.98. The summed E-state index contributed by atoms with van der Waals surface area (Å²) in [5.74, 6) is 0. The van der Waals surface area contributed by atoms with E-state index in [0.717, 1.165) is 13.2 Å². The molecule has 1 aliphatic rings. The van der Waals surface area contributed by atoms with Gasteiger partial charge in [-0.3, -0.25) is 0 Å². The van der Waals surface area contributed by atoms with Crippen LogP contribution in [0.4, 0.5) is 0 Å². The first-order valence-electron chi connectivity index (χ1n) is 2.95. The number of rotatable bonds is 1. The first-order chi connectivity index (χ1) is 3.83. The predicted octanol–water partition coefficient (Wildman–Crippen LogP) is 0.680. The molecule has 0 aromatic carbocycles. The van der Waals surface area contributed by atoms with Crippen LogP contribution in [0, 0.1) is 0 Å². The Morgan fingerprint density at radius 2 is 2.11 bits per heavy atom. The Hall–Kier alpha value is -0.0366. The topological polar surface area (TPSA) is 6.48 Å². The van der Waals surface area contributed by atoms with E-state index in [2.05, 4.69) is 36.2 Å². The first kappa shape index (κ1) is 8.96. The van der Waals surface area contributed by atoms with Crippen molar-refractivity contribution in [3.63, 3.8) is 0 Å². The predicted molar refractivity (Wildman–Crippen MR) is 34.1 cm³/mol. The molecule has 0 amide bonds. The van der Waals surface area contributed by atoms with Crippen LogP contribution >= 0.6 is 0 Å². The van der Waals surface area contributed by atoms with Gasteiger partial charge in [-0.1, -0.05) is 0 Å². The Bertz CT molecular complexity index is 103. The minimum atomic E-state index is 0. The number of nitrogens with zero attached hydrogens (tertiary/aromatic N) is 2. The van der Waals surface area contributed by atoms with Crippen molar-refractivity contribution in [1.82, 2.24) is 9.80 Å². The van der Waals surface area contributed by atoms with Gasteiger partial charge in [0, 0.05) is 45.5 Å². The molecule has 0 N–H and O–H groups in total. The van der Waals surface area contributed by atoms with E-state index in [9.17, 15) is 0 Å². The summed E-state index contributed by atoms with van der Waals surface area (Å²) < 4.78 is 0. The molecule has 0 aromatic rings. The molecule has 0 spiro atoms. The molecule has 0 saturated heterocycles. The van der Waals surface area contributed by atoms with Gasteiger partial charge in [0.25, 0.3) is 0 Å². The third-order valence-corrected chi connectivity index (χ3v) is 1.34. The number of hydrogen-bond acceptors (Lipinski definition) is 2. The van der Waals surface area contributed by atoms with Crippen molar-refractivity contribution in [3.8, 4) is 0 Å². The van der Waals surface area contributed by atoms with Gasteiger partial charge in [-0.25, -0.2) is 0 Å². The fourth-order valence-electron chi connectivity index (χ4n) is 0.794. The molecule has 0 aliphatic carbocycles. The minimum absolute atomic E-state index is 0. The summed E-state index contributed by atoms with van der Waals surface area (Å²) in [5.41, 5.74) is 0. The molecule has 0 atom stereocenters. The van der Waals surface area contributed by atoms with Crippen molar-refractivity contribution in [1.29, 1.82) is 0 Å². The molecular weight excluding hydrogens is 165 g/mol. The molecule has 0 radical (unpaired) electrons. The average Bonchev–Trinajstić information content (AvgIpc) is 2.14. The SMILES string of the molecule is CCN1C=CN(C)C1.[Zn]. The minimum Gasteiger partial charge on any atom is -0.362 e. The van der Waals surface area contributed by atoms with Crippen LogP contribution in [-0.2, 0) is 19.5 Å². The molecule has 48 valence electrons. The van der Waals surface area contributed by atoms with Crippen LogP contribution in [0.2, 0.25) is 0 Å². The normalized spacial score (nSPS) is 16.2. The van der Waals surface area contributed by atoms with Crippen LogP contribution in [-0.4, -0.2) is 30.1 Å². The monoisotopic (exact) mass is 176 g/mol. The second-order valence-electron chi connectivity index (χ2n) is 2.10. The summed E-state index contributed by atoms with van der Waals surface area (Å²) in [4.78, 5) is 4.41. The van der Waals surface area contributed by atoms with E-state index in [1.165, 1.54) is 0 Å². The van der Waals surface area contributed by atoms with Crippen LogP contribution < -0.4 is 0 Å². The summed E-state index contributed by atoms with van der Waals surface area (Å²) in [7, 11) is 2.08. The van der Waals surface area contributed by atoms with Crippen molar-refractivity contribution in [2.24, 2.45) is 0 Å². The van der Waals surface area contributed by atoms with Gasteiger partial charge in [-0.2, -0.15) is 0 Å². The Morgan fingerprint density at radius 3 is 2.33 bits per heavy atom. The van der Waals surface area contributed by atoms with Gasteiger partial charge in [0.1, 0.15) is 0 Å². The van der Waals surface area contributed by atoms with Crippen LogP contribution in [0.3, 0.4) is 0 Å². The van der Waals surface area contributed by atoms with Gasteiger partial charge in [-0.05, 0) is 6.92 Å². The van der Waals surface area contributed by atoms with Crippen molar-refractivity contribution >= 4 is 0 Å². The maximum Gasteiger partial charge on any atom is 0.0890 e. The summed E-state index contributed by atoms with van der Waals surface area (Å²) in [6.07, 6.45) is 4.20. The van der Waals surface area contributed by atoms with Gasteiger partial charge in [0.15, 0.2) is 0 Å². The molecule has 0 saturated carbocycles.